The number of thiazole rings is 1. The Morgan fingerprint density at radius 1 is 1.10 bits per heavy atom. The van der Waals surface area contributed by atoms with Gasteiger partial charge in [0.15, 0.2) is 0 Å². The van der Waals surface area contributed by atoms with Crippen molar-refractivity contribution in [1.29, 1.82) is 0 Å². The molecule has 8 heteroatoms. The molecular weight excluding hydrogens is 508 g/mol. The molecule has 39 heavy (non-hydrogen) atoms. The normalized spacial score (nSPS) is 19.1. The van der Waals surface area contributed by atoms with E-state index >= 15 is 0 Å². The molecule has 0 saturated carbocycles. The number of amides is 2. The molecule has 4 rings (SSSR count). The Labute approximate surface area is 235 Å². The molecule has 4 atom stereocenters. The summed E-state index contributed by atoms with van der Waals surface area (Å²) in [6.45, 7) is 12.7. The number of aromatic nitrogens is 1. The van der Waals surface area contributed by atoms with Crippen LogP contribution in [0.25, 0.3) is 10.4 Å². The molecule has 1 aromatic heterocycles. The Balaban J connectivity index is 1.44. The maximum Gasteiger partial charge on any atom is 0.243 e. The summed E-state index contributed by atoms with van der Waals surface area (Å²) >= 11 is 1.61. The van der Waals surface area contributed by atoms with Crippen LogP contribution >= 0.6 is 11.3 Å². The molecule has 1 fully saturated rings. The van der Waals surface area contributed by atoms with Gasteiger partial charge in [-0.25, -0.2) is 4.98 Å². The van der Waals surface area contributed by atoms with Gasteiger partial charge in [0.1, 0.15) is 6.04 Å². The van der Waals surface area contributed by atoms with Gasteiger partial charge in [-0.2, -0.15) is 0 Å². The number of β-amino-alcohol motifs (C(OH)–C–C–N with tert-alkyl or cyclic N) is 1. The SMILES string of the molecule is Cc1ccc(CN[C@H](C(=O)N2C[C@H](O)C[C@H]2C(=O)N[C@@H](C)c2ccc(-c3scnc3C)cc2)C(C)(C)C)cc1. The number of aryl methyl sites for hydroxylation is 2. The zero-order chi connectivity index (χ0) is 28.3. The van der Waals surface area contributed by atoms with E-state index < -0.39 is 18.2 Å². The van der Waals surface area contributed by atoms with Crippen molar-refractivity contribution in [3.05, 3.63) is 76.4 Å². The monoisotopic (exact) mass is 548 g/mol. The van der Waals surface area contributed by atoms with Gasteiger partial charge in [-0.15, -0.1) is 11.3 Å². The smallest absolute Gasteiger partial charge is 0.243 e. The second-order valence-corrected chi connectivity index (χ2v) is 12.5. The summed E-state index contributed by atoms with van der Waals surface area (Å²) in [7, 11) is 0. The Kier molecular flexibility index (Phi) is 8.89. The third kappa shape index (κ3) is 6.93. The number of likely N-dealkylation sites (tertiary alicyclic amines) is 1. The maximum absolute atomic E-state index is 13.8. The van der Waals surface area contributed by atoms with E-state index in [1.165, 1.54) is 5.56 Å². The van der Waals surface area contributed by atoms with Gasteiger partial charge >= 0.3 is 0 Å². The summed E-state index contributed by atoms with van der Waals surface area (Å²) < 4.78 is 0. The summed E-state index contributed by atoms with van der Waals surface area (Å²) in [5, 5.41) is 17.0. The Hall–Kier alpha value is -3.07. The van der Waals surface area contributed by atoms with Crippen LogP contribution in [0, 0.1) is 19.3 Å². The molecule has 0 radical (unpaired) electrons. The predicted molar refractivity (Wildman–Crippen MR) is 156 cm³/mol. The molecule has 1 aliphatic rings. The van der Waals surface area contributed by atoms with Gasteiger partial charge < -0.3 is 20.6 Å². The van der Waals surface area contributed by atoms with Gasteiger partial charge in [-0.1, -0.05) is 74.9 Å². The van der Waals surface area contributed by atoms with Crippen LogP contribution in [0.3, 0.4) is 0 Å². The lowest BCUT2D eigenvalue weighted by atomic mass is 9.85. The number of carbonyl (C=O) groups excluding carboxylic acids is 2. The van der Waals surface area contributed by atoms with Crippen molar-refractivity contribution in [2.45, 2.75) is 78.7 Å². The van der Waals surface area contributed by atoms with Gasteiger partial charge in [0.05, 0.1) is 34.3 Å². The predicted octanol–water partition coefficient (Wildman–Crippen LogP) is 4.77. The summed E-state index contributed by atoms with van der Waals surface area (Å²) in [6.07, 6.45) is -0.512. The fourth-order valence-corrected chi connectivity index (χ4v) is 5.87. The summed E-state index contributed by atoms with van der Waals surface area (Å²) in [5.41, 5.74) is 6.79. The van der Waals surface area contributed by atoms with Crippen molar-refractivity contribution < 1.29 is 14.7 Å². The van der Waals surface area contributed by atoms with E-state index in [0.717, 1.165) is 27.3 Å². The van der Waals surface area contributed by atoms with Gasteiger partial charge in [0, 0.05) is 19.5 Å². The zero-order valence-electron chi connectivity index (χ0n) is 23.7. The summed E-state index contributed by atoms with van der Waals surface area (Å²) in [4.78, 5) is 34.3. The quantitative estimate of drug-likeness (QED) is 0.377. The lowest BCUT2D eigenvalue weighted by Gasteiger charge is -2.35. The molecular formula is C31H40N4O3S. The molecule has 7 nitrogen and oxygen atoms in total. The molecule has 3 aromatic rings. The van der Waals surface area contributed by atoms with Crippen LogP contribution < -0.4 is 10.6 Å². The van der Waals surface area contributed by atoms with E-state index in [9.17, 15) is 14.7 Å². The van der Waals surface area contributed by atoms with Crippen molar-refractivity contribution in [2.75, 3.05) is 6.54 Å². The van der Waals surface area contributed by atoms with Crippen molar-refractivity contribution in [3.63, 3.8) is 0 Å². The highest BCUT2D eigenvalue weighted by Crippen LogP contribution is 2.29. The van der Waals surface area contributed by atoms with Crippen molar-refractivity contribution in [2.24, 2.45) is 5.41 Å². The fourth-order valence-electron chi connectivity index (χ4n) is 5.06. The van der Waals surface area contributed by atoms with Gasteiger partial charge in [0.25, 0.3) is 0 Å². The molecule has 0 bridgehead atoms. The van der Waals surface area contributed by atoms with Gasteiger partial charge in [-0.3, -0.25) is 9.59 Å². The Morgan fingerprint density at radius 2 is 1.77 bits per heavy atom. The van der Waals surface area contributed by atoms with Crippen LogP contribution in [0.15, 0.2) is 54.0 Å². The van der Waals surface area contributed by atoms with Crippen LogP contribution in [0.1, 0.15) is 62.5 Å². The average molecular weight is 549 g/mol. The van der Waals surface area contributed by atoms with Gasteiger partial charge in [0.2, 0.25) is 11.8 Å². The van der Waals surface area contributed by atoms with Crippen molar-refractivity contribution >= 4 is 23.2 Å². The minimum Gasteiger partial charge on any atom is -0.391 e. The first kappa shape index (κ1) is 28.9. The Bertz CT molecular complexity index is 1280. The second-order valence-electron chi connectivity index (χ2n) is 11.7. The first-order chi connectivity index (χ1) is 18.4. The summed E-state index contributed by atoms with van der Waals surface area (Å²) in [6, 6.07) is 14.8. The number of hydrogen-bond acceptors (Lipinski definition) is 6. The van der Waals surface area contributed by atoms with E-state index in [-0.39, 0.29) is 36.2 Å². The number of nitrogens with one attached hydrogen (secondary N) is 2. The largest absolute Gasteiger partial charge is 0.391 e. The highest BCUT2D eigenvalue weighted by molar-refractivity contribution is 7.13. The molecule has 0 unspecified atom stereocenters. The Morgan fingerprint density at radius 3 is 2.36 bits per heavy atom. The van der Waals surface area contributed by atoms with Crippen LogP contribution in [0.4, 0.5) is 0 Å². The van der Waals surface area contributed by atoms with Crippen LogP contribution in [-0.4, -0.2) is 51.5 Å². The number of aliphatic hydroxyl groups is 1. The number of hydrogen-bond donors (Lipinski definition) is 3. The molecule has 2 heterocycles. The lowest BCUT2D eigenvalue weighted by molar-refractivity contribution is -0.142. The van der Waals surface area contributed by atoms with E-state index in [1.54, 1.807) is 16.2 Å². The number of aliphatic hydroxyl groups excluding tert-OH is 1. The van der Waals surface area contributed by atoms with E-state index in [1.807, 2.05) is 71.3 Å². The highest BCUT2D eigenvalue weighted by atomic mass is 32.1. The topological polar surface area (TPSA) is 94.6 Å². The molecule has 1 aliphatic heterocycles. The number of carbonyl (C=O) groups is 2. The zero-order valence-corrected chi connectivity index (χ0v) is 24.5. The van der Waals surface area contributed by atoms with E-state index in [2.05, 4.69) is 39.9 Å². The van der Waals surface area contributed by atoms with Crippen molar-refractivity contribution in [3.8, 4) is 10.4 Å². The number of benzene rings is 2. The van der Waals surface area contributed by atoms with Crippen molar-refractivity contribution in [1.82, 2.24) is 20.5 Å². The third-order valence-electron chi connectivity index (χ3n) is 7.39. The number of nitrogens with zero attached hydrogens (tertiary/aromatic N) is 2. The minimum atomic E-state index is -0.736. The molecule has 0 aliphatic carbocycles. The van der Waals surface area contributed by atoms with Crippen LogP contribution in [-0.2, 0) is 16.1 Å². The molecule has 2 amide bonds. The van der Waals surface area contributed by atoms with Crippen LogP contribution in [0.2, 0.25) is 0 Å². The first-order valence-electron chi connectivity index (χ1n) is 13.5. The molecule has 3 N–H and O–H groups in total. The maximum atomic E-state index is 13.8. The van der Waals surface area contributed by atoms with E-state index in [0.29, 0.717) is 6.54 Å². The fraction of sp³-hybridized carbons (Fsp3) is 0.452. The molecule has 208 valence electrons. The first-order valence-corrected chi connectivity index (χ1v) is 14.4. The summed E-state index contributed by atoms with van der Waals surface area (Å²) in [5.74, 6) is -0.413. The average Bonchev–Trinajstić information content (AvgIpc) is 3.49. The van der Waals surface area contributed by atoms with Crippen LogP contribution in [0.5, 0.6) is 0 Å². The third-order valence-corrected chi connectivity index (χ3v) is 8.36. The second kappa shape index (κ2) is 12.0. The standard InChI is InChI=1S/C31H40N4O3S/c1-19-7-9-22(10-8-19)16-32-28(31(4,5)6)30(38)35-17-25(36)15-26(35)29(37)34-20(2)23-11-13-24(14-12-23)27-21(3)33-18-39-27/h7-14,18,20,25-26,28,32,36H,15-17H2,1-6H3,(H,34,37)/t20-,25+,26-,28+/m0/s1. The molecule has 2 aromatic carbocycles. The van der Waals surface area contributed by atoms with E-state index in [4.69, 9.17) is 0 Å². The van der Waals surface area contributed by atoms with Gasteiger partial charge in [-0.05, 0) is 42.9 Å². The molecule has 1 saturated heterocycles. The number of rotatable bonds is 8. The molecule has 0 spiro atoms. The lowest BCUT2D eigenvalue weighted by Crippen LogP contribution is -2.56. The minimum absolute atomic E-state index is 0.146. The highest BCUT2D eigenvalue weighted by Gasteiger charge is 2.44.